The molecule has 10 heavy (non-hydrogen) atoms. The first-order chi connectivity index (χ1) is 4.74. The van der Waals surface area contributed by atoms with Gasteiger partial charge in [-0.3, -0.25) is 0 Å². The lowest BCUT2D eigenvalue weighted by Gasteiger charge is -1.90. The number of aromatic nitrogens is 1. The maximum Gasteiger partial charge on any atom is 0.159 e. The highest BCUT2D eigenvalue weighted by atomic mass is 79.9. The van der Waals surface area contributed by atoms with E-state index in [1.54, 1.807) is 6.07 Å². The third-order valence-electron chi connectivity index (χ3n) is 0.942. The number of halogens is 2. The predicted octanol–water partition coefficient (Wildman–Crippen LogP) is 1.85. The van der Waals surface area contributed by atoms with Crippen LogP contribution in [0.1, 0.15) is 5.56 Å². The quantitative estimate of drug-likeness (QED) is 0.600. The summed E-state index contributed by atoms with van der Waals surface area (Å²) < 4.78 is 12.9. The van der Waals surface area contributed by atoms with Crippen molar-refractivity contribution in [1.29, 1.82) is 5.26 Å². The number of rotatable bonds is 0. The summed E-state index contributed by atoms with van der Waals surface area (Å²) in [6, 6.07) is 3.02. The van der Waals surface area contributed by atoms with Gasteiger partial charge in [-0.1, -0.05) is 0 Å². The second kappa shape index (κ2) is 2.76. The number of nitriles is 1. The van der Waals surface area contributed by atoms with Crippen LogP contribution < -0.4 is 0 Å². The molecule has 0 saturated heterocycles. The van der Waals surface area contributed by atoms with E-state index in [1.165, 1.54) is 6.07 Å². The molecule has 1 rings (SSSR count). The summed E-state index contributed by atoms with van der Waals surface area (Å²) in [4.78, 5) is 3.58. The number of hydrogen-bond acceptors (Lipinski definition) is 2. The molecule has 0 N–H and O–H groups in total. The Kier molecular flexibility index (Phi) is 1.97. The van der Waals surface area contributed by atoms with Crippen molar-refractivity contribution in [1.82, 2.24) is 4.98 Å². The van der Waals surface area contributed by atoms with E-state index >= 15 is 0 Å². The van der Waals surface area contributed by atoms with Gasteiger partial charge in [-0.05, 0) is 22.0 Å². The van der Waals surface area contributed by atoms with Crippen LogP contribution in [0.4, 0.5) is 4.39 Å². The molecule has 0 aliphatic rings. The van der Waals surface area contributed by atoms with E-state index in [9.17, 15) is 4.39 Å². The third kappa shape index (κ3) is 1.31. The summed E-state index contributed by atoms with van der Waals surface area (Å²) in [5.41, 5.74) is 0.00174. The molecular formula is C6H2BrFN2. The zero-order valence-electron chi connectivity index (χ0n) is 4.81. The average molecular weight is 201 g/mol. The molecule has 50 valence electrons. The Balaban J connectivity index is 3.25. The fraction of sp³-hybridized carbons (Fsp3) is 0. The topological polar surface area (TPSA) is 36.7 Å². The summed E-state index contributed by atoms with van der Waals surface area (Å²) in [6.07, 6.45) is 1.00. The van der Waals surface area contributed by atoms with Crippen molar-refractivity contribution >= 4 is 15.9 Å². The van der Waals surface area contributed by atoms with E-state index < -0.39 is 5.82 Å². The first-order valence-corrected chi connectivity index (χ1v) is 3.24. The van der Waals surface area contributed by atoms with Crippen LogP contribution in [0.15, 0.2) is 16.9 Å². The van der Waals surface area contributed by atoms with Crippen LogP contribution in [-0.2, 0) is 0 Å². The fourth-order valence-corrected chi connectivity index (χ4v) is 0.830. The molecule has 0 fully saturated rings. The van der Waals surface area contributed by atoms with E-state index in [1.807, 2.05) is 0 Å². The lowest BCUT2D eigenvalue weighted by Crippen LogP contribution is -1.85. The van der Waals surface area contributed by atoms with Gasteiger partial charge in [-0.2, -0.15) is 5.26 Å². The molecule has 0 radical (unpaired) electrons. The van der Waals surface area contributed by atoms with Crippen molar-refractivity contribution in [3.8, 4) is 6.07 Å². The first kappa shape index (κ1) is 7.16. The summed E-state index contributed by atoms with van der Waals surface area (Å²) >= 11 is 3.01. The molecule has 0 bridgehead atoms. The van der Waals surface area contributed by atoms with Crippen LogP contribution >= 0.6 is 15.9 Å². The Hall–Kier alpha value is -0.950. The Morgan fingerprint density at radius 3 is 2.90 bits per heavy atom. The fourth-order valence-electron chi connectivity index (χ4n) is 0.499. The zero-order valence-corrected chi connectivity index (χ0v) is 6.39. The van der Waals surface area contributed by atoms with Gasteiger partial charge in [0.15, 0.2) is 5.82 Å². The van der Waals surface area contributed by atoms with Crippen LogP contribution in [0.25, 0.3) is 0 Å². The van der Waals surface area contributed by atoms with E-state index in [0.29, 0.717) is 4.60 Å². The van der Waals surface area contributed by atoms with Gasteiger partial charge in [0.25, 0.3) is 0 Å². The summed E-state index contributed by atoms with van der Waals surface area (Å²) in [5.74, 6) is -0.592. The highest BCUT2D eigenvalue weighted by molar-refractivity contribution is 9.10. The first-order valence-electron chi connectivity index (χ1n) is 2.45. The van der Waals surface area contributed by atoms with Crippen molar-refractivity contribution < 1.29 is 4.39 Å². The van der Waals surface area contributed by atoms with Crippen LogP contribution in [0.5, 0.6) is 0 Å². The van der Waals surface area contributed by atoms with Crippen LogP contribution in [0.2, 0.25) is 0 Å². The van der Waals surface area contributed by atoms with Crippen molar-refractivity contribution in [3.63, 3.8) is 0 Å². The molecule has 1 heterocycles. The van der Waals surface area contributed by atoms with Crippen molar-refractivity contribution in [2.45, 2.75) is 0 Å². The molecule has 0 atom stereocenters. The molecule has 2 nitrogen and oxygen atoms in total. The minimum atomic E-state index is -0.592. The van der Waals surface area contributed by atoms with Gasteiger partial charge in [-0.15, -0.1) is 0 Å². The van der Waals surface area contributed by atoms with Gasteiger partial charge in [0.05, 0.1) is 11.8 Å². The standard InChI is InChI=1S/C6H2BrFN2/c7-6-1-4(2-9)5(8)3-10-6/h1,3H. The van der Waals surface area contributed by atoms with Crippen LogP contribution in [-0.4, -0.2) is 4.98 Å². The SMILES string of the molecule is N#Cc1cc(Br)ncc1F. The van der Waals surface area contributed by atoms with Gasteiger partial charge >= 0.3 is 0 Å². The molecule has 0 aromatic carbocycles. The average Bonchev–Trinajstić information content (AvgIpc) is 1.94. The number of hydrogen-bond donors (Lipinski definition) is 0. The number of nitrogens with zero attached hydrogens (tertiary/aromatic N) is 2. The van der Waals surface area contributed by atoms with Crippen molar-refractivity contribution in [2.75, 3.05) is 0 Å². The lowest BCUT2D eigenvalue weighted by atomic mass is 10.3. The van der Waals surface area contributed by atoms with E-state index in [-0.39, 0.29) is 5.56 Å². The van der Waals surface area contributed by atoms with E-state index in [0.717, 1.165) is 6.20 Å². The van der Waals surface area contributed by atoms with Gasteiger partial charge in [0, 0.05) is 0 Å². The summed E-state index contributed by atoms with van der Waals surface area (Å²) in [6.45, 7) is 0. The van der Waals surface area contributed by atoms with Gasteiger partial charge < -0.3 is 0 Å². The van der Waals surface area contributed by atoms with Gasteiger partial charge in [0.2, 0.25) is 0 Å². The van der Waals surface area contributed by atoms with E-state index in [4.69, 9.17) is 5.26 Å². The molecule has 0 saturated carbocycles. The Morgan fingerprint density at radius 1 is 1.70 bits per heavy atom. The molecule has 0 aliphatic carbocycles. The highest BCUT2D eigenvalue weighted by Gasteiger charge is 2.00. The van der Waals surface area contributed by atoms with Gasteiger partial charge in [-0.25, -0.2) is 9.37 Å². The molecular weight excluding hydrogens is 199 g/mol. The maximum atomic E-state index is 12.5. The maximum absolute atomic E-state index is 12.5. The highest BCUT2D eigenvalue weighted by Crippen LogP contribution is 2.10. The zero-order chi connectivity index (χ0) is 7.56. The third-order valence-corrected chi connectivity index (χ3v) is 1.38. The number of pyridine rings is 1. The second-order valence-electron chi connectivity index (χ2n) is 1.60. The van der Waals surface area contributed by atoms with Gasteiger partial charge in [0.1, 0.15) is 10.7 Å². The van der Waals surface area contributed by atoms with E-state index in [2.05, 4.69) is 20.9 Å². The smallest absolute Gasteiger partial charge is 0.159 e. The molecule has 0 aliphatic heterocycles. The Labute approximate surface area is 65.4 Å². The molecule has 0 amide bonds. The second-order valence-corrected chi connectivity index (χ2v) is 2.41. The molecule has 0 unspecified atom stereocenters. The summed E-state index contributed by atoms with van der Waals surface area (Å²) in [7, 11) is 0. The lowest BCUT2D eigenvalue weighted by molar-refractivity contribution is 0.616. The van der Waals surface area contributed by atoms with Crippen molar-refractivity contribution in [2.24, 2.45) is 0 Å². The monoisotopic (exact) mass is 200 g/mol. The van der Waals surface area contributed by atoms with Crippen LogP contribution in [0.3, 0.4) is 0 Å². The summed E-state index contributed by atoms with van der Waals surface area (Å²) in [5, 5.41) is 8.30. The van der Waals surface area contributed by atoms with Crippen molar-refractivity contribution in [3.05, 3.63) is 28.2 Å². The minimum Gasteiger partial charge on any atom is -0.246 e. The molecule has 0 spiro atoms. The predicted molar refractivity (Wildman–Crippen MR) is 36.6 cm³/mol. The Morgan fingerprint density at radius 2 is 2.40 bits per heavy atom. The Bertz CT molecular complexity index is 292. The molecule has 1 aromatic rings. The largest absolute Gasteiger partial charge is 0.246 e. The molecule has 4 heteroatoms. The van der Waals surface area contributed by atoms with Crippen LogP contribution in [0, 0.1) is 17.1 Å². The normalized spacial score (nSPS) is 8.90. The molecule has 1 aromatic heterocycles. The minimum absolute atomic E-state index is 0.00174.